The maximum Gasteiger partial charge on any atom is 0.137 e. The number of aliphatic hydroxyl groups excluding tert-OH is 1. The topological polar surface area (TPSA) is 40.5 Å². The molecule has 5 atom stereocenters. The third-order valence-corrected chi connectivity index (χ3v) is 5.17. The molecule has 2 saturated carbocycles. The molecule has 19 heavy (non-hydrogen) atoms. The molecule has 110 valence electrons. The molecule has 0 aromatic carbocycles. The summed E-state index contributed by atoms with van der Waals surface area (Å²) in [6.07, 6.45) is 6.04. The van der Waals surface area contributed by atoms with E-state index in [-0.39, 0.29) is 18.1 Å². The number of likely N-dealkylation sites (N-methyl/N-ethyl adjacent to an activating group) is 1. The van der Waals surface area contributed by atoms with Crippen molar-refractivity contribution in [2.24, 2.45) is 17.8 Å². The van der Waals surface area contributed by atoms with Crippen molar-refractivity contribution in [2.45, 2.75) is 64.5 Å². The van der Waals surface area contributed by atoms with E-state index in [0.717, 1.165) is 38.6 Å². The first-order valence-electron chi connectivity index (χ1n) is 7.90. The van der Waals surface area contributed by atoms with E-state index in [4.69, 9.17) is 0 Å². The van der Waals surface area contributed by atoms with Gasteiger partial charge in [0.2, 0.25) is 0 Å². The van der Waals surface area contributed by atoms with E-state index in [9.17, 15) is 9.90 Å². The second-order valence-electron chi connectivity index (χ2n) is 6.95. The Morgan fingerprint density at radius 2 is 1.95 bits per heavy atom. The van der Waals surface area contributed by atoms with Crippen LogP contribution in [0, 0.1) is 17.8 Å². The van der Waals surface area contributed by atoms with Gasteiger partial charge in [-0.15, -0.1) is 0 Å². The predicted octanol–water partition coefficient (Wildman–Crippen LogP) is 2.47. The lowest BCUT2D eigenvalue weighted by Gasteiger charge is -2.39. The lowest BCUT2D eigenvalue weighted by atomic mass is 9.74. The molecular formula is C16H29NO2. The molecule has 2 fully saturated rings. The minimum absolute atomic E-state index is 0.176. The Hall–Kier alpha value is -0.410. The first-order chi connectivity index (χ1) is 8.99. The largest absolute Gasteiger partial charge is 0.391 e. The lowest BCUT2D eigenvalue weighted by molar-refractivity contribution is -0.129. The quantitative estimate of drug-likeness (QED) is 0.854. The molecule has 2 aliphatic carbocycles. The Bertz CT molecular complexity index is 318. The normalized spacial score (nSPS) is 40.7. The lowest BCUT2D eigenvalue weighted by Crippen LogP contribution is -2.48. The van der Waals surface area contributed by atoms with Crippen LogP contribution in [0.1, 0.15) is 52.4 Å². The van der Waals surface area contributed by atoms with Crippen molar-refractivity contribution in [2.75, 3.05) is 13.6 Å². The van der Waals surface area contributed by atoms with Crippen LogP contribution in [0.4, 0.5) is 0 Å². The SMILES string of the molecule is CC1CC(=O)C(CN(C)C2CCCCC2O)C(C)C1. The van der Waals surface area contributed by atoms with E-state index < -0.39 is 0 Å². The highest BCUT2D eigenvalue weighted by atomic mass is 16.3. The molecule has 0 radical (unpaired) electrons. The monoisotopic (exact) mass is 267 g/mol. The van der Waals surface area contributed by atoms with Crippen LogP contribution < -0.4 is 0 Å². The summed E-state index contributed by atoms with van der Waals surface area (Å²) in [6.45, 7) is 5.22. The smallest absolute Gasteiger partial charge is 0.137 e. The maximum absolute atomic E-state index is 12.2. The maximum atomic E-state index is 12.2. The van der Waals surface area contributed by atoms with Gasteiger partial charge >= 0.3 is 0 Å². The first-order valence-corrected chi connectivity index (χ1v) is 7.90. The van der Waals surface area contributed by atoms with Gasteiger partial charge < -0.3 is 10.0 Å². The molecule has 0 bridgehead atoms. The molecule has 2 rings (SSSR count). The van der Waals surface area contributed by atoms with Gasteiger partial charge in [0.25, 0.3) is 0 Å². The van der Waals surface area contributed by atoms with E-state index in [0.29, 0.717) is 17.6 Å². The van der Waals surface area contributed by atoms with Crippen LogP contribution in [0.25, 0.3) is 0 Å². The molecule has 0 amide bonds. The number of Topliss-reactive ketones (excluding diaryl/α,β-unsaturated/α-hetero) is 1. The van der Waals surface area contributed by atoms with E-state index in [1.54, 1.807) is 0 Å². The van der Waals surface area contributed by atoms with Crippen LogP contribution in [-0.4, -0.2) is 41.5 Å². The van der Waals surface area contributed by atoms with E-state index in [1.165, 1.54) is 6.42 Å². The summed E-state index contributed by atoms with van der Waals surface area (Å²) < 4.78 is 0. The van der Waals surface area contributed by atoms with E-state index in [1.807, 2.05) is 0 Å². The molecule has 0 heterocycles. The first kappa shape index (κ1) is 15.0. The van der Waals surface area contributed by atoms with Gasteiger partial charge in [0.05, 0.1) is 6.10 Å². The van der Waals surface area contributed by atoms with Crippen LogP contribution in [0.2, 0.25) is 0 Å². The summed E-state index contributed by atoms with van der Waals surface area (Å²) in [6, 6.07) is 0.257. The number of ketones is 1. The van der Waals surface area contributed by atoms with E-state index >= 15 is 0 Å². The third kappa shape index (κ3) is 3.57. The van der Waals surface area contributed by atoms with Crippen molar-refractivity contribution < 1.29 is 9.90 Å². The second-order valence-corrected chi connectivity index (χ2v) is 6.95. The van der Waals surface area contributed by atoms with Gasteiger partial charge in [-0.05, 0) is 38.1 Å². The van der Waals surface area contributed by atoms with Crippen LogP contribution in [-0.2, 0) is 4.79 Å². The number of carbonyl (C=O) groups excluding carboxylic acids is 1. The summed E-state index contributed by atoms with van der Waals surface area (Å²) in [5.41, 5.74) is 0. The molecule has 3 nitrogen and oxygen atoms in total. The zero-order valence-corrected chi connectivity index (χ0v) is 12.6. The van der Waals surface area contributed by atoms with Crippen molar-refractivity contribution in [3.8, 4) is 0 Å². The average molecular weight is 267 g/mol. The van der Waals surface area contributed by atoms with Crippen molar-refractivity contribution >= 4 is 5.78 Å². The molecule has 0 aromatic rings. The van der Waals surface area contributed by atoms with Gasteiger partial charge in [-0.25, -0.2) is 0 Å². The standard InChI is InChI=1S/C16H29NO2/c1-11-8-12(2)13(16(19)9-11)10-17(3)14-6-4-5-7-15(14)18/h11-15,18H,4-10H2,1-3H3. The molecule has 0 saturated heterocycles. The highest BCUT2D eigenvalue weighted by Gasteiger charge is 2.35. The molecule has 0 aromatic heterocycles. The van der Waals surface area contributed by atoms with Crippen LogP contribution in [0.3, 0.4) is 0 Å². The molecule has 5 unspecified atom stereocenters. The zero-order valence-electron chi connectivity index (χ0n) is 12.6. The van der Waals surface area contributed by atoms with Crippen molar-refractivity contribution in [1.82, 2.24) is 4.90 Å². The minimum atomic E-state index is -0.202. The van der Waals surface area contributed by atoms with Gasteiger partial charge in [0.15, 0.2) is 0 Å². The predicted molar refractivity (Wildman–Crippen MR) is 77.0 cm³/mol. The van der Waals surface area contributed by atoms with Crippen LogP contribution >= 0.6 is 0 Å². The third-order valence-electron chi connectivity index (χ3n) is 5.17. The minimum Gasteiger partial charge on any atom is -0.391 e. The van der Waals surface area contributed by atoms with Crippen LogP contribution in [0.15, 0.2) is 0 Å². The average Bonchev–Trinajstić information content (AvgIpc) is 2.34. The second kappa shape index (κ2) is 6.36. The Morgan fingerprint density at radius 3 is 2.58 bits per heavy atom. The van der Waals surface area contributed by atoms with Gasteiger partial charge in [-0.3, -0.25) is 4.79 Å². The van der Waals surface area contributed by atoms with Gasteiger partial charge in [-0.1, -0.05) is 26.7 Å². The summed E-state index contributed by atoms with van der Waals surface area (Å²) in [7, 11) is 2.08. The molecule has 0 spiro atoms. The van der Waals surface area contributed by atoms with Crippen molar-refractivity contribution in [1.29, 1.82) is 0 Å². The molecular weight excluding hydrogens is 238 g/mol. The van der Waals surface area contributed by atoms with Crippen LogP contribution in [0.5, 0.6) is 0 Å². The fourth-order valence-corrected chi connectivity index (χ4v) is 4.03. The number of hydrogen-bond acceptors (Lipinski definition) is 3. The van der Waals surface area contributed by atoms with Crippen molar-refractivity contribution in [3.05, 3.63) is 0 Å². The summed E-state index contributed by atoms with van der Waals surface area (Å²) in [5.74, 6) is 1.64. The highest BCUT2D eigenvalue weighted by molar-refractivity contribution is 5.82. The molecule has 2 aliphatic rings. The molecule has 3 heteroatoms. The van der Waals surface area contributed by atoms with Gasteiger partial charge in [-0.2, -0.15) is 0 Å². The van der Waals surface area contributed by atoms with Crippen molar-refractivity contribution in [3.63, 3.8) is 0 Å². The molecule has 1 N–H and O–H groups in total. The summed E-state index contributed by atoms with van der Waals surface area (Å²) >= 11 is 0. The summed E-state index contributed by atoms with van der Waals surface area (Å²) in [4.78, 5) is 14.5. The number of aliphatic hydroxyl groups is 1. The summed E-state index contributed by atoms with van der Waals surface area (Å²) in [5, 5.41) is 10.1. The van der Waals surface area contributed by atoms with Gasteiger partial charge in [0.1, 0.15) is 5.78 Å². The Balaban J connectivity index is 1.93. The Kier molecular flexibility index (Phi) is 5.02. The fourth-order valence-electron chi connectivity index (χ4n) is 4.03. The highest BCUT2D eigenvalue weighted by Crippen LogP contribution is 2.32. The molecule has 0 aliphatic heterocycles. The number of carbonyl (C=O) groups is 1. The van der Waals surface area contributed by atoms with E-state index in [2.05, 4.69) is 25.8 Å². The number of rotatable bonds is 3. The fraction of sp³-hybridized carbons (Fsp3) is 0.938. The van der Waals surface area contributed by atoms with Gasteiger partial charge in [0, 0.05) is 24.9 Å². The zero-order chi connectivity index (χ0) is 14.0. The number of hydrogen-bond donors (Lipinski definition) is 1. The Morgan fingerprint density at radius 1 is 1.26 bits per heavy atom. The number of nitrogens with zero attached hydrogens (tertiary/aromatic N) is 1. The Labute approximate surface area is 117 Å².